The highest BCUT2D eigenvalue weighted by Crippen LogP contribution is 2.16. The molecule has 4 N–H and O–H groups in total. The van der Waals surface area contributed by atoms with Gasteiger partial charge in [0.15, 0.2) is 0 Å². The van der Waals surface area contributed by atoms with Crippen molar-refractivity contribution in [3.8, 4) is 0 Å². The van der Waals surface area contributed by atoms with Gasteiger partial charge in [0, 0.05) is 18.4 Å². The van der Waals surface area contributed by atoms with Crippen LogP contribution in [0.3, 0.4) is 0 Å². The molecular formula is C13H13N3O2. The van der Waals surface area contributed by atoms with Crippen molar-refractivity contribution in [2.24, 2.45) is 5.73 Å². The van der Waals surface area contributed by atoms with Gasteiger partial charge >= 0.3 is 5.97 Å². The summed E-state index contributed by atoms with van der Waals surface area (Å²) in [6.07, 6.45) is 1.46. The Morgan fingerprint density at radius 3 is 2.89 bits per heavy atom. The number of hydrogen-bond acceptors (Lipinski definition) is 4. The highest BCUT2D eigenvalue weighted by Gasteiger charge is 2.04. The molecule has 0 unspecified atom stereocenters. The number of nitrogens with two attached hydrogens (primary N) is 1. The SMILES string of the molecule is NCc1cccc(Nc2cc(C(=O)O)ccn2)c1. The monoisotopic (exact) mass is 243 g/mol. The quantitative estimate of drug-likeness (QED) is 0.764. The number of anilines is 2. The summed E-state index contributed by atoms with van der Waals surface area (Å²) < 4.78 is 0. The second-order valence-electron chi connectivity index (χ2n) is 3.76. The predicted octanol–water partition coefficient (Wildman–Crippen LogP) is 1.98. The van der Waals surface area contributed by atoms with E-state index in [1.165, 1.54) is 18.3 Å². The van der Waals surface area contributed by atoms with Crippen LogP contribution in [0.4, 0.5) is 11.5 Å². The van der Waals surface area contributed by atoms with E-state index in [9.17, 15) is 4.79 Å². The Hall–Kier alpha value is -2.40. The van der Waals surface area contributed by atoms with E-state index in [2.05, 4.69) is 10.3 Å². The van der Waals surface area contributed by atoms with Crippen LogP contribution in [0.5, 0.6) is 0 Å². The molecule has 0 spiro atoms. The number of rotatable bonds is 4. The minimum Gasteiger partial charge on any atom is -0.478 e. The van der Waals surface area contributed by atoms with Crippen molar-refractivity contribution in [2.45, 2.75) is 6.54 Å². The Balaban J connectivity index is 2.22. The van der Waals surface area contributed by atoms with Crippen LogP contribution in [0, 0.1) is 0 Å². The second kappa shape index (κ2) is 5.29. The molecule has 0 aliphatic heterocycles. The Morgan fingerprint density at radius 2 is 2.17 bits per heavy atom. The molecule has 92 valence electrons. The van der Waals surface area contributed by atoms with E-state index in [4.69, 9.17) is 10.8 Å². The van der Waals surface area contributed by atoms with Crippen molar-refractivity contribution < 1.29 is 9.90 Å². The molecule has 1 aromatic carbocycles. The molecule has 1 heterocycles. The topological polar surface area (TPSA) is 88.2 Å². The molecule has 0 aliphatic carbocycles. The Labute approximate surface area is 104 Å². The number of carboxylic acids is 1. The van der Waals surface area contributed by atoms with Crippen LogP contribution in [-0.4, -0.2) is 16.1 Å². The van der Waals surface area contributed by atoms with Crippen molar-refractivity contribution in [3.63, 3.8) is 0 Å². The number of nitrogens with one attached hydrogen (secondary N) is 1. The van der Waals surface area contributed by atoms with Gasteiger partial charge in [-0.15, -0.1) is 0 Å². The van der Waals surface area contributed by atoms with Gasteiger partial charge in [0.1, 0.15) is 5.82 Å². The van der Waals surface area contributed by atoms with Crippen LogP contribution in [-0.2, 0) is 6.54 Å². The van der Waals surface area contributed by atoms with Gasteiger partial charge in [0.2, 0.25) is 0 Å². The molecule has 0 amide bonds. The lowest BCUT2D eigenvalue weighted by Crippen LogP contribution is -2.01. The molecular weight excluding hydrogens is 230 g/mol. The van der Waals surface area contributed by atoms with E-state index in [0.717, 1.165) is 11.3 Å². The van der Waals surface area contributed by atoms with Gasteiger partial charge in [0.05, 0.1) is 5.56 Å². The fraction of sp³-hybridized carbons (Fsp3) is 0.0769. The number of carbonyl (C=O) groups is 1. The third-order valence-corrected chi connectivity index (χ3v) is 2.44. The third kappa shape index (κ3) is 2.83. The van der Waals surface area contributed by atoms with E-state index in [1.54, 1.807) is 0 Å². The molecule has 2 aromatic rings. The van der Waals surface area contributed by atoms with Gasteiger partial charge < -0.3 is 16.2 Å². The van der Waals surface area contributed by atoms with Gasteiger partial charge in [-0.2, -0.15) is 0 Å². The molecule has 0 saturated heterocycles. The van der Waals surface area contributed by atoms with Crippen molar-refractivity contribution >= 4 is 17.5 Å². The summed E-state index contributed by atoms with van der Waals surface area (Å²) in [5.74, 6) is -0.486. The van der Waals surface area contributed by atoms with Crippen LogP contribution in [0.2, 0.25) is 0 Å². The molecule has 0 atom stereocenters. The van der Waals surface area contributed by atoms with Crippen LogP contribution < -0.4 is 11.1 Å². The van der Waals surface area contributed by atoms with E-state index >= 15 is 0 Å². The number of aromatic carboxylic acids is 1. The fourth-order valence-electron chi connectivity index (χ4n) is 1.56. The minimum atomic E-state index is -0.976. The van der Waals surface area contributed by atoms with Gasteiger partial charge in [-0.05, 0) is 29.8 Å². The first-order chi connectivity index (χ1) is 8.69. The first-order valence-electron chi connectivity index (χ1n) is 5.44. The number of nitrogens with zero attached hydrogens (tertiary/aromatic N) is 1. The van der Waals surface area contributed by atoms with Crippen LogP contribution in [0.25, 0.3) is 0 Å². The fourth-order valence-corrected chi connectivity index (χ4v) is 1.56. The van der Waals surface area contributed by atoms with E-state index in [1.807, 2.05) is 24.3 Å². The Bertz CT molecular complexity index is 570. The Kier molecular flexibility index (Phi) is 3.54. The Morgan fingerprint density at radius 1 is 1.33 bits per heavy atom. The maximum atomic E-state index is 10.8. The lowest BCUT2D eigenvalue weighted by atomic mass is 10.2. The summed E-state index contributed by atoms with van der Waals surface area (Å²) in [6, 6.07) is 10.5. The van der Waals surface area contributed by atoms with E-state index in [0.29, 0.717) is 12.4 Å². The summed E-state index contributed by atoms with van der Waals surface area (Å²) in [5, 5.41) is 11.9. The smallest absolute Gasteiger partial charge is 0.335 e. The molecule has 0 aliphatic rings. The predicted molar refractivity (Wildman–Crippen MR) is 68.8 cm³/mol. The number of hydrogen-bond donors (Lipinski definition) is 3. The molecule has 5 heteroatoms. The molecule has 5 nitrogen and oxygen atoms in total. The van der Waals surface area contributed by atoms with Crippen molar-refractivity contribution in [2.75, 3.05) is 5.32 Å². The summed E-state index contributed by atoms with van der Waals surface area (Å²) in [7, 11) is 0. The zero-order chi connectivity index (χ0) is 13.0. The van der Waals surface area contributed by atoms with E-state index in [-0.39, 0.29) is 5.56 Å². The lowest BCUT2D eigenvalue weighted by molar-refractivity contribution is 0.0697. The molecule has 0 saturated carbocycles. The largest absolute Gasteiger partial charge is 0.478 e. The van der Waals surface area contributed by atoms with Crippen molar-refractivity contribution in [1.29, 1.82) is 0 Å². The zero-order valence-electron chi connectivity index (χ0n) is 9.63. The zero-order valence-corrected chi connectivity index (χ0v) is 9.63. The molecule has 2 rings (SSSR count). The average molecular weight is 243 g/mol. The third-order valence-electron chi connectivity index (χ3n) is 2.44. The lowest BCUT2D eigenvalue weighted by Gasteiger charge is -2.07. The van der Waals surface area contributed by atoms with Crippen molar-refractivity contribution in [1.82, 2.24) is 4.98 Å². The van der Waals surface area contributed by atoms with Crippen LogP contribution in [0.15, 0.2) is 42.6 Å². The van der Waals surface area contributed by atoms with Gasteiger partial charge in [-0.1, -0.05) is 12.1 Å². The number of carboxylic acid groups (broad SMARTS) is 1. The summed E-state index contributed by atoms with van der Waals surface area (Å²) in [5.41, 5.74) is 7.57. The maximum Gasteiger partial charge on any atom is 0.335 e. The van der Waals surface area contributed by atoms with Gasteiger partial charge in [0.25, 0.3) is 0 Å². The first-order valence-corrected chi connectivity index (χ1v) is 5.44. The highest BCUT2D eigenvalue weighted by molar-refractivity contribution is 5.88. The van der Waals surface area contributed by atoms with Crippen LogP contribution in [0.1, 0.15) is 15.9 Å². The van der Waals surface area contributed by atoms with Crippen molar-refractivity contribution in [3.05, 3.63) is 53.7 Å². The minimum absolute atomic E-state index is 0.197. The summed E-state index contributed by atoms with van der Waals surface area (Å²) in [4.78, 5) is 14.9. The second-order valence-corrected chi connectivity index (χ2v) is 3.76. The average Bonchev–Trinajstić information content (AvgIpc) is 2.39. The molecule has 18 heavy (non-hydrogen) atoms. The number of aromatic nitrogens is 1. The van der Waals surface area contributed by atoms with E-state index < -0.39 is 5.97 Å². The molecule has 1 aromatic heterocycles. The summed E-state index contributed by atoms with van der Waals surface area (Å²) in [6.45, 7) is 0.456. The van der Waals surface area contributed by atoms with Gasteiger partial charge in [-0.25, -0.2) is 9.78 Å². The normalized spacial score (nSPS) is 10.1. The molecule has 0 radical (unpaired) electrons. The summed E-state index contributed by atoms with van der Waals surface area (Å²) >= 11 is 0. The highest BCUT2D eigenvalue weighted by atomic mass is 16.4. The number of pyridine rings is 1. The molecule has 0 bridgehead atoms. The standard InChI is InChI=1S/C13H13N3O2/c14-8-9-2-1-3-11(6-9)16-12-7-10(13(17)18)4-5-15-12/h1-7H,8,14H2,(H,15,16)(H,17,18). The maximum absolute atomic E-state index is 10.8. The van der Waals surface area contributed by atoms with Gasteiger partial charge in [-0.3, -0.25) is 0 Å². The first kappa shape index (κ1) is 12.1. The molecule has 0 fully saturated rings. The number of benzene rings is 1. The van der Waals surface area contributed by atoms with Crippen LogP contribution >= 0.6 is 0 Å².